The predicted molar refractivity (Wildman–Crippen MR) is 110 cm³/mol. The first-order valence-corrected chi connectivity index (χ1v) is 9.76. The molecule has 1 heterocycles. The molecule has 1 aliphatic rings. The Labute approximate surface area is 162 Å². The molecular weight excluding hydrogens is 342 g/mol. The van der Waals surface area contributed by atoms with Crippen molar-refractivity contribution in [2.75, 3.05) is 26.2 Å². The summed E-state index contributed by atoms with van der Waals surface area (Å²) in [5.74, 6) is 0. The highest BCUT2D eigenvalue weighted by atomic mass is 35.5. The van der Waals surface area contributed by atoms with Crippen LogP contribution >= 0.6 is 11.6 Å². The zero-order valence-corrected chi connectivity index (χ0v) is 16.8. The van der Waals surface area contributed by atoms with Gasteiger partial charge < -0.3 is 4.90 Å². The van der Waals surface area contributed by atoms with Crippen molar-refractivity contribution >= 4 is 17.8 Å². The van der Waals surface area contributed by atoms with E-state index in [1.165, 1.54) is 11.1 Å². The molecule has 1 aliphatic heterocycles. The van der Waals surface area contributed by atoms with Gasteiger partial charge in [-0.2, -0.15) is 5.10 Å². The Morgan fingerprint density at radius 1 is 1.04 bits per heavy atom. The Hall–Kier alpha value is -1.84. The third kappa shape index (κ3) is 5.09. The van der Waals surface area contributed by atoms with Crippen molar-refractivity contribution in [3.63, 3.8) is 0 Å². The van der Waals surface area contributed by atoms with Gasteiger partial charge in [0.15, 0.2) is 0 Å². The minimum Gasteiger partial charge on any atom is -0.328 e. The van der Waals surface area contributed by atoms with Crippen LogP contribution in [0.4, 0.5) is 0 Å². The van der Waals surface area contributed by atoms with Crippen LogP contribution in [0.15, 0.2) is 53.6 Å². The molecule has 0 aliphatic carbocycles. The van der Waals surface area contributed by atoms with Crippen LogP contribution in [0.1, 0.15) is 37.5 Å². The van der Waals surface area contributed by atoms with Gasteiger partial charge in [-0.05, 0) is 22.6 Å². The van der Waals surface area contributed by atoms with Gasteiger partial charge in [0.2, 0.25) is 0 Å². The predicted octanol–water partition coefficient (Wildman–Crippen LogP) is 3.37. The van der Waals surface area contributed by atoms with Crippen molar-refractivity contribution < 1.29 is 4.90 Å². The van der Waals surface area contributed by atoms with Crippen LogP contribution in [0.5, 0.6) is 0 Å². The van der Waals surface area contributed by atoms with Crippen molar-refractivity contribution in [1.82, 2.24) is 5.01 Å². The highest BCUT2D eigenvalue weighted by Crippen LogP contribution is 2.21. The second kappa shape index (κ2) is 8.24. The third-order valence-corrected chi connectivity index (χ3v) is 5.36. The standard InChI is InChI=1S/C22H28ClN3/c1-22(2,3)20-10-8-18(9-11-20)16-24-26-14-12-25(13-15-26)17-19-6-4-5-7-21(19)23/h4-11,16H,12-15,17H2,1-3H3/p+1. The molecule has 0 saturated carbocycles. The van der Waals surface area contributed by atoms with Crippen LogP contribution in [-0.2, 0) is 12.0 Å². The second-order valence-corrected chi connectivity index (χ2v) is 8.50. The average molecular weight is 371 g/mol. The highest BCUT2D eigenvalue weighted by molar-refractivity contribution is 6.31. The normalized spacial score (nSPS) is 16.4. The monoisotopic (exact) mass is 370 g/mol. The Morgan fingerprint density at radius 3 is 2.31 bits per heavy atom. The van der Waals surface area contributed by atoms with Crippen LogP contribution in [0.25, 0.3) is 0 Å². The number of hydrogen-bond acceptors (Lipinski definition) is 2. The van der Waals surface area contributed by atoms with Crippen molar-refractivity contribution in [1.29, 1.82) is 0 Å². The lowest BCUT2D eigenvalue weighted by molar-refractivity contribution is -0.918. The number of benzene rings is 2. The lowest BCUT2D eigenvalue weighted by atomic mass is 9.87. The minimum absolute atomic E-state index is 0.191. The number of nitrogens with one attached hydrogen (secondary N) is 1. The van der Waals surface area contributed by atoms with E-state index in [2.05, 4.69) is 67.3 Å². The van der Waals surface area contributed by atoms with E-state index >= 15 is 0 Å². The van der Waals surface area contributed by atoms with E-state index in [0.717, 1.165) is 43.3 Å². The SMILES string of the molecule is CC(C)(C)c1ccc(C=NN2CC[NH+](Cc3ccccc3Cl)CC2)cc1. The van der Waals surface area contributed by atoms with E-state index in [1.807, 2.05) is 18.3 Å². The van der Waals surface area contributed by atoms with Crippen LogP contribution in [0.2, 0.25) is 5.02 Å². The van der Waals surface area contributed by atoms with Gasteiger partial charge in [0.25, 0.3) is 0 Å². The first-order valence-electron chi connectivity index (χ1n) is 9.38. The van der Waals surface area contributed by atoms with Crippen molar-refractivity contribution in [2.24, 2.45) is 5.10 Å². The molecule has 2 aromatic rings. The van der Waals surface area contributed by atoms with Crippen LogP contribution in [-0.4, -0.2) is 37.4 Å². The maximum Gasteiger partial charge on any atom is 0.104 e. The van der Waals surface area contributed by atoms with E-state index in [0.29, 0.717) is 0 Å². The van der Waals surface area contributed by atoms with Crippen molar-refractivity contribution in [3.8, 4) is 0 Å². The second-order valence-electron chi connectivity index (χ2n) is 8.09. The van der Waals surface area contributed by atoms with E-state index in [9.17, 15) is 0 Å². The number of hydrogen-bond donors (Lipinski definition) is 1. The molecule has 26 heavy (non-hydrogen) atoms. The van der Waals surface area contributed by atoms with Gasteiger partial charge in [0.1, 0.15) is 6.54 Å². The van der Waals surface area contributed by atoms with E-state index in [4.69, 9.17) is 11.6 Å². The van der Waals surface area contributed by atoms with Gasteiger partial charge in [-0.1, -0.05) is 74.8 Å². The zero-order valence-electron chi connectivity index (χ0n) is 16.0. The molecule has 1 fully saturated rings. The maximum absolute atomic E-state index is 6.28. The van der Waals surface area contributed by atoms with Gasteiger partial charge >= 0.3 is 0 Å². The van der Waals surface area contributed by atoms with Crippen molar-refractivity contribution in [2.45, 2.75) is 32.7 Å². The quantitative estimate of drug-likeness (QED) is 0.818. The molecule has 3 nitrogen and oxygen atoms in total. The molecule has 138 valence electrons. The fourth-order valence-corrected chi connectivity index (χ4v) is 3.43. The van der Waals surface area contributed by atoms with Crippen LogP contribution < -0.4 is 4.90 Å². The summed E-state index contributed by atoms with van der Waals surface area (Å²) >= 11 is 6.28. The first kappa shape index (κ1) is 18.9. The van der Waals surface area contributed by atoms with E-state index in [1.54, 1.807) is 4.90 Å². The van der Waals surface area contributed by atoms with Gasteiger partial charge in [-0.25, -0.2) is 0 Å². The molecule has 0 atom stereocenters. The van der Waals surface area contributed by atoms with Crippen LogP contribution in [0, 0.1) is 0 Å². The topological polar surface area (TPSA) is 20.0 Å². The van der Waals surface area contributed by atoms with Gasteiger partial charge in [-0.3, -0.25) is 5.01 Å². The summed E-state index contributed by atoms with van der Waals surface area (Å²) in [6.07, 6.45) is 1.98. The van der Waals surface area contributed by atoms with Gasteiger partial charge in [-0.15, -0.1) is 0 Å². The molecular formula is C22H29ClN3+. The summed E-state index contributed by atoms with van der Waals surface area (Å²) in [5.41, 5.74) is 3.94. The number of piperazine rings is 1. The number of rotatable bonds is 4. The summed E-state index contributed by atoms with van der Waals surface area (Å²) in [6.45, 7) is 11.8. The van der Waals surface area contributed by atoms with Crippen LogP contribution in [0.3, 0.4) is 0 Å². The largest absolute Gasteiger partial charge is 0.328 e. The lowest BCUT2D eigenvalue weighted by Crippen LogP contribution is -3.13. The molecule has 1 saturated heterocycles. The summed E-state index contributed by atoms with van der Waals surface area (Å²) in [7, 11) is 0. The fraction of sp³-hybridized carbons (Fsp3) is 0.409. The molecule has 0 spiro atoms. The maximum atomic E-state index is 6.28. The Kier molecular flexibility index (Phi) is 6.00. The number of quaternary nitrogens is 1. The Bertz CT molecular complexity index is 739. The van der Waals surface area contributed by atoms with E-state index < -0.39 is 0 Å². The molecule has 0 bridgehead atoms. The van der Waals surface area contributed by atoms with E-state index in [-0.39, 0.29) is 5.41 Å². The molecule has 3 rings (SSSR count). The zero-order chi connectivity index (χ0) is 18.6. The average Bonchev–Trinajstić information content (AvgIpc) is 2.63. The van der Waals surface area contributed by atoms with Crippen molar-refractivity contribution in [3.05, 3.63) is 70.2 Å². The van der Waals surface area contributed by atoms with Gasteiger partial charge in [0, 0.05) is 10.6 Å². The number of halogens is 1. The molecule has 0 aromatic heterocycles. The fourth-order valence-electron chi connectivity index (χ4n) is 3.23. The Morgan fingerprint density at radius 2 is 1.69 bits per heavy atom. The molecule has 2 aromatic carbocycles. The number of nitrogens with zero attached hydrogens (tertiary/aromatic N) is 2. The number of hydrazone groups is 1. The first-order chi connectivity index (χ1) is 12.4. The summed E-state index contributed by atoms with van der Waals surface area (Å²) in [6, 6.07) is 16.9. The molecule has 1 N–H and O–H groups in total. The molecule has 0 unspecified atom stereocenters. The molecule has 0 radical (unpaired) electrons. The summed E-state index contributed by atoms with van der Waals surface area (Å²) in [4.78, 5) is 1.57. The summed E-state index contributed by atoms with van der Waals surface area (Å²) < 4.78 is 0. The summed E-state index contributed by atoms with van der Waals surface area (Å²) in [5, 5.41) is 7.72. The smallest absolute Gasteiger partial charge is 0.104 e. The minimum atomic E-state index is 0.191. The Balaban J connectivity index is 1.51. The molecule has 0 amide bonds. The molecule has 4 heteroatoms. The highest BCUT2D eigenvalue weighted by Gasteiger charge is 2.19. The lowest BCUT2D eigenvalue weighted by Gasteiger charge is -2.30. The van der Waals surface area contributed by atoms with Gasteiger partial charge in [0.05, 0.1) is 32.4 Å². The third-order valence-electron chi connectivity index (χ3n) is 4.99.